The number of hydrogen-bond acceptors (Lipinski definition) is 6. The fourth-order valence-electron chi connectivity index (χ4n) is 1.78. The van der Waals surface area contributed by atoms with E-state index in [1.807, 2.05) is 6.92 Å². The van der Waals surface area contributed by atoms with Crippen LogP contribution in [-0.2, 0) is 13.0 Å². The van der Waals surface area contributed by atoms with Crippen molar-refractivity contribution in [2.24, 2.45) is 0 Å². The molecular formula is C12H18N6OS. The first-order valence-corrected chi connectivity index (χ1v) is 7.42. The topological polar surface area (TPSA) is 102 Å². The zero-order valence-corrected chi connectivity index (χ0v) is 12.4. The van der Waals surface area contributed by atoms with Crippen molar-refractivity contribution in [3.05, 3.63) is 22.4 Å². The number of H-pyrrole nitrogens is 1. The van der Waals surface area contributed by atoms with Crippen LogP contribution in [0.15, 0.2) is 21.0 Å². The highest BCUT2D eigenvalue weighted by molar-refractivity contribution is 7.99. The van der Waals surface area contributed by atoms with E-state index in [1.165, 1.54) is 11.8 Å². The molecule has 20 heavy (non-hydrogen) atoms. The van der Waals surface area contributed by atoms with Crippen LogP contribution in [0.2, 0.25) is 0 Å². The van der Waals surface area contributed by atoms with Gasteiger partial charge in [0.05, 0.1) is 0 Å². The van der Waals surface area contributed by atoms with Crippen molar-refractivity contribution in [2.75, 3.05) is 5.73 Å². The van der Waals surface area contributed by atoms with E-state index < -0.39 is 0 Å². The van der Waals surface area contributed by atoms with Crippen LogP contribution in [0.5, 0.6) is 0 Å². The Morgan fingerprint density at radius 2 is 2.15 bits per heavy atom. The minimum atomic E-state index is -0.204. The Morgan fingerprint density at radius 3 is 2.85 bits per heavy atom. The summed E-state index contributed by atoms with van der Waals surface area (Å²) in [6.07, 6.45) is 2.59. The highest BCUT2D eigenvalue weighted by Crippen LogP contribution is 2.24. The maximum Gasteiger partial charge on any atom is 0.343 e. The number of aryl methyl sites for hydroxylation is 1. The average molecular weight is 294 g/mol. The summed E-state index contributed by atoms with van der Waals surface area (Å²) in [6, 6.07) is 1.69. The van der Waals surface area contributed by atoms with Crippen molar-refractivity contribution >= 4 is 17.6 Å². The second kappa shape index (κ2) is 6.56. The largest absolute Gasteiger partial charge is 0.384 e. The van der Waals surface area contributed by atoms with E-state index in [1.54, 1.807) is 10.6 Å². The number of nitrogens with one attached hydrogen (secondary N) is 1. The van der Waals surface area contributed by atoms with E-state index in [9.17, 15) is 4.79 Å². The third-order valence-corrected chi connectivity index (χ3v) is 3.52. The van der Waals surface area contributed by atoms with Gasteiger partial charge in [-0.2, -0.15) is 0 Å². The lowest BCUT2D eigenvalue weighted by atomic mass is 10.3. The monoisotopic (exact) mass is 294 g/mol. The van der Waals surface area contributed by atoms with Gasteiger partial charge in [-0.15, -0.1) is 5.10 Å². The standard InChI is InChI=1S/C12H18N6OS/c1-3-5-9-14-8(13)7-10(15-9)20-12-17-16-11(19)18(12)6-4-2/h7H,3-6H2,1-2H3,(H,16,19)(H2,13,14,15). The summed E-state index contributed by atoms with van der Waals surface area (Å²) >= 11 is 1.32. The highest BCUT2D eigenvalue weighted by Gasteiger charge is 2.11. The van der Waals surface area contributed by atoms with Crippen LogP contribution in [0, 0.1) is 0 Å². The molecular weight excluding hydrogens is 276 g/mol. The SMILES string of the molecule is CCCc1nc(N)cc(Sc2n[nH]c(=O)n2CCC)n1. The summed E-state index contributed by atoms with van der Waals surface area (Å²) in [5.41, 5.74) is 5.58. The fourth-order valence-corrected chi connectivity index (χ4v) is 2.67. The second-order valence-electron chi connectivity index (χ2n) is 4.36. The minimum absolute atomic E-state index is 0.204. The molecule has 0 aromatic carbocycles. The Balaban J connectivity index is 2.27. The first-order chi connectivity index (χ1) is 9.63. The van der Waals surface area contributed by atoms with Gasteiger partial charge in [-0.05, 0) is 24.6 Å². The quantitative estimate of drug-likeness (QED) is 0.782. The van der Waals surface area contributed by atoms with Crippen molar-refractivity contribution in [2.45, 2.75) is 49.8 Å². The Labute approximate surface area is 121 Å². The first-order valence-electron chi connectivity index (χ1n) is 6.60. The zero-order valence-electron chi connectivity index (χ0n) is 11.6. The van der Waals surface area contributed by atoms with Gasteiger partial charge in [0.1, 0.15) is 16.7 Å². The molecule has 0 saturated carbocycles. The van der Waals surface area contributed by atoms with Crippen molar-refractivity contribution in [1.82, 2.24) is 24.7 Å². The summed E-state index contributed by atoms with van der Waals surface area (Å²) < 4.78 is 1.60. The molecule has 0 aliphatic rings. The molecule has 0 spiro atoms. The summed E-state index contributed by atoms with van der Waals surface area (Å²) in [7, 11) is 0. The lowest BCUT2D eigenvalue weighted by Crippen LogP contribution is -2.17. The number of nitrogen functional groups attached to an aromatic ring is 1. The van der Waals surface area contributed by atoms with E-state index >= 15 is 0 Å². The van der Waals surface area contributed by atoms with Crippen LogP contribution >= 0.6 is 11.8 Å². The van der Waals surface area contributed by atoms with E-state index in [0.29, 0.717) is 22.5 Å². The van der Waals surface area contributed by atoms with E-state index in [2.05, 4.69) is 27.1 Å². The Kier molecular flexibility index (Phi) is 4.78. The predicted molar refractivity (Wildman–Crippen MR) is 77.7 cm³/mol. The molecule has 0 atom stereocenters. The molecule has 108 valence electrons. The van der Waals surface area contributed by atoms with Gasteiger partial charge < -0.3 is 5.73 Å². The number of nitrogens with zero attached hydrogens (tertiary/aromatic N) is 4. The van der Waals surface area contributed by atoms with Gasteiger partial charge in [0.15, 0.2) is 5.16 Å². The molecule has 0 aliphatic carbocycles. The van der Waals surface area contributed by atoms with Crippen LogP contribution in [0.1, 0.15) is 32.5 Å². The number of aromatic amines is 1. The van der Waals surface area contributed by atoms with Crippen LogP contribution in [0.4, 0.5) is 5.82 Å². The van der Waals surface area contributed by atoms with Gasteiger partial charge in [0, 0.05) is 19.0 Å². The fraction of sp³-hybridized carbons (Fsp3) is 0.500. The zero-order chi connectivity index (χ0) is 14.5. The molecule has 0 aliphatic heterocycles. The van der Waals surface area contributed by atoms with Crippen molar-refractivity contribution < 1.29 is 0 Å². The molecule has 2 aromatic rings. The number of nitrogens with two attached hydrogens (primary N) is 1. The van der Waals surface area contributed by atoms with Gasteiger partial charge in [0.2, 0.25) is 0 Å². The number of hydrogen-bond donors (Lipinski definition) is 2. The van der Waals surface area contributed by atoms with Crippen LogP contribution in [0.25, 0.3) is 0 Å². The lowest BCUT2D eigenvalue weighted by molar-refractivity contribution is 0.603. The van der Waals surface area contributed by atoms with Gasteiger partial charge in [-0.1, -0.05) is 13.8 Å². The molecule has 0 fully saturated rings. The average Bonchev–Trinajstić information content (AvgIpc) is 2.72. The highest BCUT2D eigenvalue weighted by atomic mass is 32.2. The van der Waals surface area contributed by atoms with Gasteiger partial charge in [-0.25, -0.2) is 19.9 Å². The third kappa shape index (κ3) is 3.38. The third-order valence-electron chi connectivity index (χ3n) is 2.61. The van der Waals surface area contributed by atoms with E-state index in [0.717, 1.165) is 25.1 Å². The molecule has 0 unspecified atom stereocenters. The van der Waals surface area contributed by atoms with Gasteiger partial charge >= 0.3 is 5.69 Å². The first kappa shape index (κ1) is 14.6. The molecule has 7 nitrogen and oxygen atoms in total. The summed E-state index contributed by atoms with van der Waals surface area (Å²) in [6.45, 7) is 4.70. The molecule has 0 bridgehead atoms. The number of aromatic nitrogens is 5. The molecule has 0 saturated heterocycles. The second-order valence-corrected chi connectivity index (χ2v) is 5.35. The normalized spacial score (nSPS) is 10.9. The summed E-state index contributed by atoms with van der Waals surface area (Å²) in [5.74, 6) is 1.15. The molecule has 2 rings (SSSR count). The van der Waals surface area contributed by atoms with Crippen LogP contribution in [-0.4, -0.2) is 24.7 Å². The van der Waals surface area contributed by atoms with E-state index in [-0.39, 0.29) is 5.69 Å². The molecule has 3 N–H and O–H groups in total. The summed E-state index contributed by atoms with van der Waals surface area (Å²) in [4.78, 5) is 20.2. The smallest absolute Gasteiger partial charge is 0.343 e. The Hall–Kier alpha value is -1.83. The molecule has 2 heterocycles. The number of rotatable bonds is 6. The Bertz CT molecular complexity index is 635. The van der Waals surface area contributed by atoms with Crippen LogP contribution < -0.4 is 11.4 Å². The van der Waals surface area contributed by atoms with Crippen LogP contribution in [0.3, 0.4) is 0 Å². The van der Waals surface area contributed by atoms with Gasteiger partial charge in [0.25, 0.3) is 0 Å². The maximum atomic E-state index is 11.6. The molecule has 2 aromatic heterocycles. The molecule has 0 amide bonds. The number of anilines is 1. The molecule has 0 radical (unpaired) electrons. The van der Waals surface area contributed by atoms with Crippen molar-refractivity contribution in [1.29, 1.82) is 0 Å². The van der Waals surface area contributed by atoms with Crippen molar-refractivity contribution in [3.8, 4) is 0 Å². The Morgan fingerprint density at radius 1 is 1.35 bits per heavy atom. The predicted octanol–water partition coefficient (Wildman–Crippen LogP) is 1.46. The molecule has 8 heteroatoms. The minimum Gasteiger partial charge on any atom is -0.384 e. The lowest BCUT2D eigenvalue weighted by Gasteiger charge is -2.05. The summed E-state index contributed by atoms with van der Waals surface area (Å²) in [5, 5.41) is 7.78. The van der Waals surface area contributed by atoms with Crippen molar-refractivity contribution in [3.63, 3.8) is 0 Å². The maximum absolute atomic E-state index is 11.6. The van der Waals surface area contributed by atoms with Gasteiger partial charge in [-0.3, -0.25) is 4.57 Å². The van der Waals surface area contributed by atoms with E-state index in [4.69, 9.17) is 5.73 Å².